The number of ether oxygens (including phenoxy) is 2. The summed E-state index contributed by atoms with van der Waals surface area (Å²) in [6.45, 7) is 0.615. The van der Waals surface area contributed by atoms with Gasteiger partial charge in [-0.1, -0.05) is 30.3 Å². The number of aromatic nitrogens is 2. The van der Waals surface area contributed by atoms with Gasteiger partial charge in [-0.2, -0.15) is 0 Å². The summed E-state index contributed by atoms with van der Waals surface area (Å²) in [7, 11) is 3.21. The van der Waals surface area contributed by atoms with Gasteiger partial charge in [-0.3, -0.25) is 0 Å². The molecule has 3 rings (SSSR count). The molecule has 7 nitrogen and oxygen atoms in total. The second-order valence-electron chi connectivity index (χ2n) is 5.51. The maximum Gasteiger partial charge on any atom is 0.159 e. The van der Waals surface area contributed by atoms with E-state index in [2.05, 4.69) is 20.6 Å². The highest BCUT2D eigenvalue weighted by molar-refractivity contribution is 5.79. The van der Waals surface area contributed by atoms with Crippen LogP contribution in [0.4, 0.5) is 23.0 Å². The van der Waals surface area contributed by atoms with Crippen molar-refractivity contribution >= 4 is 23.0 Å². The van der Waals surface area contributed by atoms with Crippen LogP contribution in [0, 0.1) is 0 Å². The first-order valence-electron chi connectivity index (χ1n) is 8.08. The highest BCUT2D eigenvalue weighted by Gasteiger charge is 2.11. The summed E-state index contributed by atoms with van der Waals surface area (Å²) in [6.07, 6.45) is 1.46. The number of nitrogens with two attached hydrogens (primary N) is 1. The first-order valence-corrected chi connectivity index (χ1v) is 8.08. The number of benzene rings is 2. The number of hydrogen-bond acceptors (Lipinski definition) is 7. The lowest BCUT2D eigenvalue weighted by atomic mass is 10.2. The first kappa shape index (κ1) is 17.3. The van der Waals surface area contributed by atoms with Crippen LogP contribution >= 0.6 is 0 Å². The maximum absolute atomic E-state index is 6.24. The minimum Gasteiger partial charge on any atom is -0.497 e. The van der Waals surface area contributed by atoms with E-state index < -0.39 is 0 Å². The van der Waals surface area contributed by atoms with E-state index in [1.54, 1.807) is 14.2 Å². The average Bonchev–Trinajstić information content (AvgIpc) is 2.69. The van der Waals surface area contributed by atoms with Gasteiger partial charge in [-0.15, -0.1) is 0 Å². The Kier molecular flexibility index (Phi) is 5.38. The molecule has 0 fully saturated rings. The topological polar surface area (TPSA) is 94.3 Å². The van der Waals surface area contributed by atoms with Crippen molar-refractivity contribution in [1.29, 1.82) is 0 Å². The number of nitrogen functional groups attached to an aromatic ring is 1. The van der Waals surface area contributed by atoms with Crippen LogP contribution in [0.2, 0.25) is 0 Å². The summed E-state index contributed by atoms with van der Waals surface area (Å²) in [5, 5.41) is 6.42. The number of anilines is 4. The summed E-state index contributed by atoms with van der Waals surface area (Å²) in [5.74, 6) is 2.40. The minimum absolute atomic E-state index is 0.424. The molecule has 0 aliphatic rings. The number of nitrogens with zero attached hydrogens (tertiary/aromatic N) is 2. The van der Waals surface area contributed by atoms with E-state index in [0.29, 0.717) is 41.1 Å². The molecule has 0 amide bonds. The van der Waals surface area contributed by atoms with Crippen molar-refractivity contribution in [2.24, 2.45) is 0 Å². The van der Waals surface area contributed by atoms with Gasteiger partial charge in [0.2, 0.25) is 0 Å². The fourth-order valence-electron chi connectivity index (χ4n) is 2.46. The molecule has 7 heteroatoms. The van der Waals surface area contributed by atoms with Crippen LogP contribution in [0.25, 0.3) is 0 Å². The largest absolute Gasteiger partial charge is 0.497 e. The summed E-state index contributed by atoms with van der Waals surface area (Å²) in [6, 6.07) is 15.5. The number of hydrogen-bond donors (Lipinski definition) is 3. The van der Waals surface area contributed by atoms with Crippen LogP contribution in [0.3, 0.4) is 0 Å². The standard InChI is InChI=1S/C19H21N5O2/c1-25-14-8-9-16(26-2)15(10-14)24-19-17(20)18(22-12-23-19)21-11-13-6-4-3-5-7-13/h3-10,12H,11,20H2,1-2H3,(H2,21,22,23,24). The molecule has 0 saturated carbocycles. The Morgan fingerprint density at radius 2 is 1.73 bits per heavy atom. The van der Waals surface area contributed by atoms with Crippen LogP contribution in [0.15, 0.2) is 54.9 Å². The van der Waals surface area contributed by atoms with Crippen molar-refractivity contribution in [3.05, 3.63) is 60.4 Å². The van der Waals surface area contributed by atoms with E-state index in [0.717, 1.165) is 5.56 Å². The zero-order chi connectivity index (χ0) is 18.4. The number of nitrogens with one attached hydrogen (secondary N) is 2. The predicted octanol–water partition coefficient (Wildman–Crippen LogP) is 3.43. The van der Waals surface area contributed by atoms with Gasteiger partial charge >= 0.3 is 0 Å². The minimum atomic E-state index is 0.424. The monoisotopic (exact) mass is 351 g/mol. The summed E-state index contributed by atoms with van der Waals surface area (Å²) >= 11 is 0. The smallest absolute Gasteiger partial charge is 0.159 e. The molecule has 4 N–H and O–H groups in total. The molecule has 3 aromatic rings. The summed E-state index contributed by atoms with van der Waals surface area (Å²) < 4.78 is 10.6. The third kappa shape index (κ3) is 3.94. The molecule has 0 aliphatic heterocycles. The lowest BCUT2D eigenvalue weighted by Gasteiger charge is -2.15. The summed E-state index contributed by atoms with van der Waals surface area (Å²) in [5.41, 5.74) is 8.49. The third-order valence-corrected chi connectivity index (χ3v) is 3.85. The Morgan fingerprint density at radius 1 is 0.962 bits per heavy atom. The molecule has 0 radical (unpaired) electrons. The Labute approximate surface area is 152 Å². The zero-order valence-electron chi connectivity index (χ0n) is 14.7. The van der Waals surface area contributed by atoms with Gasteiger partial charge in [0.15, 0.2) is 11.6 Å². The molecule has 0 spiro atoms. The number of rotatable bonds is 7. The van der Waals surface area contributed by atoms with Gasteiger partial charge in [0, 0.05) is 12.6 Å². The normalized spacial score (nSPS) is 10.2. The van der Waals surface area contributed by atoms with Crippen molar-refractivity contribution in [3.63, 3.8) is 0 Å². The zero-order valence-corrected chi connectivity index (χ0v) is 14.7. The van der Waals surface area contributed by atoms with Gasteiger partial charge in [0.1, 0.15) is 23.5 Å². The molecule has 1 heterocycles. The molecule has 0 unspecified atom stereocenters. The molecule has 2 aromatic carbocycles. The molecule has 26 heavy (non-hydrogen) atoms. The Bertz CT molecular complexity index is 871. The van der Waals surface area contributed by atoms with Crippen molar-refractivity contribution in [1.82, 2.24) is 9.97 Å². The van der Waals surface area contributed by atoms with E-state index in [4.69, 9.17) is 15.2 Å². The van der Waals surface area contributed by atoms with Gasteiger partial charge in [0.05, 0.1) is 19.9 Å². The van der Waals surface area contributed by atoms with Crippen LogP contribution in [0.1, 0.15) is 5.56 Å². The van der Waals surface area contributed by atoms with Gasteiger partial charge in [-0.05, 0) is 17.7 Å². The van der Waals surface area contributed by atoms with E-state index in [9.17, 15) is 0 Å². The third-order valence-electron chi connectivity index (χ3n) is 3.85. The second-order valence-corrected chi connectivity index (χ2v) is 5.51. The molecule has 0 atom stereocenters. The first-order chi connectivity index (χ1) is 12.7. The number of methoxy groups -OCH3 is 2. The average molecular weight is 351 g/mol. The lowest BCUT2D eigenvalue weighted by Crippen LogP contribution is -2.08. The predicted molar refractivity (Wildman–Crippen MR) is 103 cm³/mol. The van der Waals surface area contributed by atoms with Crippen LogP contribution < -0.4 is 25.8 Å². The second kappa shape index (κ2) is 8.06. The van der Waals surface area contributed by atoms with Crippen molar-refractivity contribution in [2.45, 2.75) is 6.54 Å². The lowest BCUT2D eigenvalue weighted by molar-refractivity contribution is 0.405. The maximum atomic E-state index is 6.24. The molecular formula is C19H21N5O2. The van der Waals surface area contributed by atoms with Crippen LogP contribution in [0.5, 0.6) is 11.5 Å². The van der Waals surface area contributed by atoms with Crippen LogP contribution in [-0.4, -0.2) is 24.2 Å². The molecule has 0 aliphatic carbocycles. The Balaban J connectivity index is 1.81. The summed E-state index contributed by atoms with van der Waals surface area (Å²) in [4.78, 5) is 8.47. The Morgan fingerprint density at radius 3 is 2.46 bits per heavy atom. The van der Waals surface area contributed by atoms with E-state index in [1.165, 1.54) is 6.33 Å². The fourth-order valence-corrected chi connectivity index (χ4v) is 2.46. The van der Waals surface area contributed by atoms with Gasteiger partial charge < -0.3 is 25.8 Å². The molecule has 1 aromatic heterocycles. The molecular weight excluding hydrogens is 330 g/mol. The van der Waals surface area contributed by atoms with E-state index >= 15 is 0 Å². The molecule has 0 saturated heterocycles. The molecule has 134 valence electrons. The van der Waals surface area contributed by atoms with Gasteiger partial charge in [0.25, 0.3) is 0 Å². The quantitative estimate of drug-likeness (QED) is 0.600. The van der Waals surface area contributed by atoms with Crippen molar-refractivity contribution in [3.8, 4) is 11.5 Å². The SMILES string of the molecule is COc1ccc(OC)c(Nc2ncnc(NCc3ccccc3)c2N)c1. The fraction of sp³-hybridized carbons (Fsp3) is 0.158. The highest BCUT2D eigenvalue weighted by atomic mass is 16.5. The van der Waals surface area contributed by atoms with Crippen molar-refractivity contribution < 1.29 is 9.47 Å². The highest BCUT2D eigenvalue weighted by Crippen LogP contribution is 2.33. The van der Waals surface area contributed by atoms with Gasteiger partial charge in [-0.25, -0.2) is 9.97 Å². The Hall–Kier alpha value is -3.48. The van der Waals surface area contributed by atoms with Crippen LogP contribution in [-0.2, 0) is 6.54 Å². The van der Waals surface area contributed by atoms with E-state index in [1.807, 2.05) is 48.5 Å². The van der Waals surface area contributed by atoms with Crippen molar-refractivity contribution in [2.75, 3.05) is 30.6 Å². The molecule has 0 bridgehead atoms. The van der Waals surface area contributed by atoms with E-state index in [-0.39, 0.29) is 0 Å².